The van der Waals surface area contributed by atoms with Crippen LogP contribution in [0.15, 0.2) is 12.5 Å². The van der Waals surface area contributed by atoms with Crippen LogP contribution in [0.3, 0.4) is 0 Å². The van der Waals surface area contributed by atoms with E-state index in [0.29, 0.717) is 5.69 Å². The second kappa shape index (κ2) is 3.96. The highest BCUT2D eigenvalue weighted by Crippen LogP contribution is 2.28. The lowest BCUT2D eigenvalue weighted by Crippen LogP contribution is -2.24. The zero-order valence-corrected chi connectivity index (χ0v) is 8.77. The highest BCUT2D eigenvalue weighted by Gasteiger charge is 2.27. The number of aryl methyl sites for hydroxylation is 1. The average molecular weight is 206 g/mol. The molecule has 0 saturated heterocycles. The summed E-state index contributed by atoms with van der Waals surface area (Å²) in [5.74, 6) is 0.0575. The van der Waals surface area contributed by atoms with Gasteiger partial charge in [-0.3, -0.25) is 9.59 Å². The van der Waals surface area contributed by atoms with Gasteiger partial charge in [-0.15, -0.1) is 0 Å². The monoisotopic (exact) mass is 206 g/mol. The molecule has 0 aliphatic heterocycles. The highest BCUT2D eigenvalue weighted by atomic mass is 16.1. The molecule has 4 nitrogen and oxygen atoms in total. The normalized spacial score (nSPS) is 16.1. The zero-order chi connectivity index (χ0) is 10.8. The Kier molecular flexibility index (Phi) is 2.66. The van der Waals surface area contributed by atoms with Crippen LogP contribution in [0.1, 0.15) is 36.2 Å². The van der Waals surface area contributed by atoms with Crippen LogP contribution >= 0.6 is 0 Å². The second-order valence-corrected chi connectivity index (χ2v) is 4.12. The van der Waals surface area contributed by atoms with E-state index in [2.05, 4.69) is 4.98 Å². The Hall–Kier alpha value is -1.45. The van der Waals surface area contributed by atoms with Crippen LogP contribution in [0.4, 0.5) is 0 Å². The Morgan fingerprint density at radius 1 is 1.53 bits per heavy atom. The number of Topliss-reactive ketones (excluding diaryl/α,β-unsaturated/α-hetero) is 2. The van der Waals surface area contributed by atoms with Gasteiger partial charge in [-0.2, -0.15) is 0 Å². The Balaban J connectivity index is 1.94. The topological polar surface area (TPSA) is 52.0 Å². The second-order valence-electron chi connectivity index (χ2n) is 4.12. The summed E-state index contributed by atoms with van der Waals surface area (Å²) in [7, 11) is 1.80. The Labute approximate surface area is 88.3 Å². The molecular formula is C11H14N2O2. The van der Waals surface area contributed by atoms with E-state index in [1.807, 2.05) is 0 Å². The van der Waals surface area contributed by atoms with E-state index in [1.165, 1.54) is 0 Å². The predicted octanol–water partition coefficient (Wildman–Crippen LogP) is 1.36. The van der Waals surface area contributed by atoms with Crippen molar-refractivity contribution in [2.24, 2.45) is 13.0 Å². The summed E-state index contributed by atoms with van der Waals surface area (Å²) in [5.41, 5.74) is 0.394. The molecule has 4 heteroatoms. The third-order valence-corrected chi connectivity index (χ3v) is 2.89. The molecule has 0 atom stereocenters. The Morgan fingerprint density at radius 3 is 2.73 bits per heavy atom. The summed E-state index contributed by atoms with van der Waals surface area (Å²) >= 11 is 0. The molecule has 0 unspecified atom stereocenters. The quantitative estimate of drug-likeness (QED) is 0.552. The van der Waals surface area contributed by atoms with Crippen molar-refractivity contribution in [2.45, 2.75) is 25.7 Å². The van der Waals surface area contributed by atoms with Crippen LogP contribution in [-0.4, -0.2) is 21.1 Å². The Bertz CT molecular complexity index is 391. The fraction of sp³-hybridized carbons (Fsp3) is 0.545. The zero-order valence-electron chi connectivity index (χ0n) is 8.77. The van der Waals surface area contributed by atoms with Crippen LogP contribution in [0.5, 0.6) is 0 Å². The van der Waals surface area contributed by atoms with Crippen LogP contribution in [-0.2, 0) is 11.8 Å². The smallest absolute Gasteiger partial charge is 0.190 e. The molecule has 0 spiro atoms. The maximum atomic E-state index is 11.6. The lowest BCUT2D eigenvalue weighted by atomic mass is 9.80. The van der Waals surface area contributed by atoms with Crippen LogP contribution in [0.25, 0.3) is 0 Å². The molecule has 1 aliphatic carbocycles. The first-order valence-corrected chi connectivity index (χ1v) is 5.20. The highest BCUT2D eigenvalue weighted by molar-refractivity contribution is 6.07. The number of rotatable bonds is 4. The van der Waals surface area contributed by atoms with Crippen molar-refractivity contribution in [3.05, 3.63) is 18.2 Å². The molecule has 0 radical (unpaired) electrons. The predicted molar refractivity (Wildman–Crippen MR) is 54.5 cm³/mol. The first kappa shape index (κ1) is 10.1. The van der Waals surface area contributed by atoms with Gasteiger partial charge in [0.1, 0.15) is 11.5 Å². The molecule has 0 aromatic carbocycles. The number of nitrogens with zero attached hydrogens (tertiary/aromatic N) is 2. The fourth-order valence-corrected chi connectivity index (χ4v) is 1.68. The summed E-state index contributed by atoms with van der Waals surface area (Å²) in [6.07, 6.45) is 6.26. The number of carbonyl (C=O) groups is 2. The van der Waals surface area contributed by atoms with Gasteiger partial charge in [0.05, 0.1) is 12.7 Å². The number of carbonyl (C=O) groups excluding carboxylic acids is 2. The van der Waals surface area contributed by atoms with E-state index < -0.39 is 0 Å². The van der Waals surface area contributed by atoms with E-state index in [1.54, 1.807) is 24.1 Å². The van der Waals surface area contributed by atoms with Crippen molar-refractivity contribution in [1.29, 1.82) is 0 Å². The van der Waals surface area contributed by atoms with Gasteiger partial charge >= 0.3 is 0 Å². The summed E-state index contributed by atoms with van der Waals surface area (Å²) in [5, 5.41) is 0. The van der Waals surface area contributed by atoms with Crippen molar-refractivity contribution in [1.82, 2.24) is 9.55 Å². The molecule has 15 heavy (non-hydrogen) atoms. The number of hydrogen-bond acceptors (Lipinski definition) is 3. The van der Waals surface area contributed by atoms with Gasteiger partial charge in [0.25, 0.3) is 0 Å². The first-order valence-electron chi connectivity index (χ1n) is 5.20. The largest absolute Gasteiger partial charge is 0.340 e. The molecule has 0 bridgehead atoms. The molecule has 2 rings (SSSR count). The van der Waals surface area contributed by atoms with E-state index >= 15 is 0 Å². The van der Waals surface area contributed by atoms with Gasteiger partial charge in [-0.1, -0.05) is 6.42 Å². The van der Waals surface area contributed by atoms with Crippen molar-refractivity contribution >= 4 is 11.6 Å². The number of hydrogen-bond donors (Lipinski definition) is 0. The average Bonchev–Trinajstić information content (AvgIpc) is 2.48. The molecule has 1 aromatic heterocycles. The van der Waals surface area contributed by atoms with Crippen molar-refractivity contribution in [2.75, 3.05) is 0 Å². The third kappa shape index (κ3) is 2.14. The number of aromatic nitrogens is 2. The summed E-state index contributed by atoms with van der Waals surface area (Å²) in [4.78, 5) is 27.1. The van der Waals surface area contributed by atoms with Gasteiger partial charge in [0, 0.05) is 19.2 Å². The molecular weight excluding hydrogens is 192 g/mol. The maximum Gasteiger partial charge on any atom is 0.190 e. The molecule has 1 aliphatic rings. The minimum absolute atomic E-state index is 0.0156. The first-order chi connectivity index (χ1) is 7.16. The van der Waals surface area contributed by atoms with Crippen molar-refractivity contribution in [3.63, 3.8) is 0 Å². The van der Waals surface area contributed by atoms with Gasteiger partial charge in [0.15, 0.2) is 5.78 Å². The minimum atomic E-state index is -0.160. The van der Waals surface area contributed by atoms with Crippen LogP contribution < -0.4 is 0 Å². The van der Waals surface area contributed by atoms with Gasteiger partial charge < -0.3 is 4.57 Å². The molecule has 1 fully saturated rings. The van der Waals surface area contributed by atoms with Crippen LogP contribution in [0, 0.1) is 5.92 Å². The molecule has 1 heterocycles. The molecule has 1 aromatic rings. The van der Waals surface area contributed by atoms with E-state index in [4.69, 9.17) is 0 Å². The molecule has 1 saturated carbocycles. The standard InChI is InChI=1S/C11H14N2O2/c1-13-6-9(12-7-13)11(15)5-10(14)8-3-2-4-8/h6-8H,2-5H2,1H3. The number of imidazole rings is 1. The van der Waals surface area contributed by atoms with Gasteiger partial charge in [-0.25, -0.2) is 4.98 Å². The molecule has 0 amide bonds. The minimum Gasteiger partial charge on any atom is -0.340 e. The fourth-order valence-electron chi connectivity index (χ4n) is 1.68. The number of ketones is 2. The van der Waals surface area contributed by atoms with E-state index in [9.17, 15) is 9.59 Å². The Morgan fingerprint density at radius 2 is 2.27 bits per heavy atom. The summed E-state index contributed by atoms with van der Waals surface area (Å²) in [6, 6.07) is 0. The molecule has 0 N–H and O–H groups in total. The summed E-state index contributed by atoms with van der Waals surface area (Å²) < 4.78 is 1.71. The SMILES string of the molecule is Cn1cnc(C(=O)CC(=O)C2CCC2)c1. The van der Waals surface area contributed by atoms with Crippen molar-refractivity contribution in [3.8, 4) is 0 Å². The van der Waals surface area contributed by atoms with Gasteiger partial charge in [0.2, 0.25) is 0 Å². The van der Waals surface area contributed by atoms with Gasteiger partial charge in [-0.05, 0) is 12.8 Å². The van der Waals surface area contributed by atoms with Crippen molar-refractivity contribution < 1.29 is 9.59 Å². The third-order valence-electron chi connectivity index (χ3n) is 2.89. The molecule has 80 valence electrons. The van der Waals surface area contributed by atoms with Crippen LogP contribution in [0.2, 0.25) is 0 Å². The van der Waals surface area contributed by atoms with E-state index in [-0.39, 0.29) is 23.9 Å². The summed E-state index contributed by atoms with van der Waals surface area (Å²) in [6.45, 7) is 0. The lowest BCUT2D eigenvalue weighted by molar-refractivity contribution is -0.124. The van der Waals surface area contributed by atoms with E-state index in [0.717, 1.165) is 19.3 Å². The lowest BCUT2D eigenvalue weighted by Gasteiger charge is -2.23. The maximum absolute atomic E-state index is 11.6.